The normalized spacial score (nSPS) is 10.8. The molecule has 3 nitrogen and oxygen atoms in total. The molecule has 0 spiro atoms. The molecule has 0 bridgehead atoms. The van der Waals surface area contributed by atoms with E-state index in [0.29, 0.717) is 11.3 Å². The van der Waals surface area contributed by atoms with E-state index in [4.69, 9.17) is 5.73 Å². The molecule has 0 unspecified atom stereocenters. The van der Waals surface area contributed by atoms with Crippen molar-refractivity contribution < 1.29 is 31.5 Å². The molecule has 0 aliphatic rings. The van der Waals surface area contributed by atoms with Crippen LogP contribution in [0.4, 0.5) is 27.6 Å². The van der Waals surface area contributed by atoms with E-state index < -0.39 is 40.6 Å². The van der Waals surface area contributed by atoms with Crippen LogP contribution in [0.2, 0.25) is 0 Å². The number of hydrogen-bond acceptors (Lipinski definition) is 4. The van der Waals surface area contributed by atoms with Crippen molar-refractivity contribution in [3.05, 3.63) is 40.0 Å². The predicted molar refractivity (Wildman–Crippen MR) is 65.3 cm³/mol. The topological polar surface area (TPSA) is 52.3 Å². The Kier molecular flexibility index (Phi) is 3.86. The minimum Gasteiger partial charge on any atom is -0.465 e. The van der Waals surface area contributed by atoms with Gasteiger partial charge in [-0.3, -0.25) is 0 Å². The van der Waals surface area contributed by atoms with E-state index in [0.717, 1.165) is 13.2 Å². The lowest BCUT2D eigenvalue weighted by Gasteiger charge is -2.05. The van der Waals surface area contributed by atoms with Gasteiger partial charge in [-0.2, -0.15) is 0 Å². The Morgan fingerprint density at radius 1 is 1.05 bits per heavy atom. The Morgan fingerprint density at radius 2 is 1.52 bits per heavy atom. The standard InChI is InChI=1S/C12H6F5NO2S/c1-20-12(19)11-3(18)2-4(21-11)5-6(13)8(15)10(17)9(16)7(5)14/h2H,18H2,1H3. The quantitative estimate of drug-likeness (QED) is 0.398. The van der Waals surface area contributed by atoms with Gasteiger partial charge in [-0.25, -0.2) is 26.7 Å². The van der Waals surface area contributed by atoms with Crippen LogP contribution in [0.5, 0.6) is 0 Å². The molecule has 0 atom stereocenters. The molecule has 1 aromatic heterocycles. The highest BCUT2D eigenvalue weighted by atomic mass is 32.1. The highest BCUT2D eigenvalue weighted by Crippen LogP contribution is 2.38. The van der Waals surface area contributed by atoms with Gasteiger partial charge in [0.1, 0.15) is 4.88 Å². The second-order valence-electron chi connectivity index (χ2n) is 3.83. The summed E-state index contributed by atoms with van der Waals surface area (Å²) in [6.07, 6.45) is 0. The number of carbonyl (C=O) groups excluding carboxylic acids is 1. The number of ether oxygens (including phenoxy) is 1. The van der Waals surface area contributed by atoms with E-state index in [2.05, 4.69) is 4.74 Å². The van der Waals surface area contributed by atoms with Gasteiger partial charge in [-0.15, -0.1) is 11.3 Å². The number of nitrogens with two attached hydrogens (primary N) is 1. The summed E-state index contributed by atoms with van der Waals surface area (Å²) < 4.78 is 70.9. The Bertz CT molecular complexity index is 715. The number of benzene rings is 1. The van der Waals surface area contributed by atoms with E-state index in [1.54, 1.807) is 0 Å². The fraction of sp³-hybridized carbons (Fsp3) is 0.0833. The maximum Gasteiger partial charge on any atom is 0.350 e. The van der Waals surface area contributed by atoms with Crippen molar-refractivity contribution in [2.75, 3.05) is 12.8 Å². The maximum absolute atomic E-state index is 13.6. The first-order valence-corrected chi connectivity index (χ1v) is 6.10. The fourth-order valence-corrected chi connectivity index (χ4v) is 2.63. The van der Waals surface area contributed by atoms with Crippen LogP contribution in [0.3, 0.4) is 0 Å². The number of thiophene rings is 1. The van der Waals surface area contributed by atoms with Crippen LogP contribution in [0.1, 0.15) is 9.67 Å². The number of carbonyl (C=O) groups is 1. The summed E-state index contributed by atoms with van der Waals surface area (Å²) in [4.78, 5) is 10.8. The van der Waals surface area contributed by atoms with Crippen molar-refractivity contribution >= 4 is 23.0 Å². The van der Waals surface area contributed by atoms with Crippen molar-refractivity contribution in [1.29, 1.82) is 0 Å². The maximum atomic E-state index is 13.6. The van der Waals surface area contributed by atoms with Crippen molar-refractivity contribution in [2.45, 2.75) is 0 Å². The number of anilines is 1. The van der Waals surface area contributed by atoms with Gasteiger partial charge in [-0.1, -0.05) is 0 Å². The summed E-state index contributed by atoms with van der Waals surface area (Å²) in [6.45, 7) is 0. The summed E-state index contributed by atoms with van der Waals surface area (Å²) in [5.41, 5.74) is 4.13. The molecule has 1 heterocycles. The zero-order chi connectivity index (χ0) is 15.9. The van der Waals surface area contributed by atoms with E-state index in [9.17, 15) is 26.7 Å². The molecular weight excluding hydrogens is 317 g/mol. The van der Waals surface area contributed by atoms with Crippen LogP contribution in [0, 0.1) is 29.1 Å². The third-order valence-corrected chi connectivity index (χ3v) is 3.74. The highest BCUT2D eigenvalue weighted by molar-refractivity contribution is 7.18. The van der Waals surface area contributed by atoms with Gasteiger partial charge in [0, 0.05) is 4.88 Å². The highest BCUT2D eigenvalue weighted by Gasteiger charge is 2.28. The van der Waals surface area contributed by atoms with Crippen LogP contribution in [-0.4, -0.2) is 13.1 Å². The zero-order valence-corrected chi connectivity index (χ0v) is 11.1. The monoisotopic (exact) mass is 323 g/mol. The summed E-state index contributed by atoms with van der Waals surface area (Å²) in [5.74, 6) is -11.3. The van der Waals surface area contributed by atoms with Crippen molar-refractivity contribution in [3.8, 4) is 10.4 Å². The molecule has 0 radical (unpaired) electrons. The summed E-state index contributed by atoms with van der Waals surface area (Å²) >= 11 is 0.462. The number of rotatable bonds is 2. The first-order valence-electron chi connectivity index (χ1n) is 5.29. The molecule has 0 aliphatic heterocycles. The second kappa shape index (κ2) is 5.32. The molecule has 0 fully saturated rings. The summed E-state index contributed by atoms with van der Waals surface area (Å²) in [5, 5.41) is 0. The van der Waals surface area contributed by atoms with Crippen molar-refractivity contribution in [1.82, 2.24) is 0 Å². The summed E-state index contributed by atoms with van der Waals surface area (Å²) in [7, 11) is 1.06. The number of nitrogen functional groups attached to an aromatic ring is 1. The lowest BCUT2D eigenvalue weighted by atomic mass is 10.1. The molecular formula is C12H6F5NO2S. The smallest absolute Gasteiger partial charge is 0.350 e. The lowest BCUT2D eigenvalue weighted by molar-refractivity contribution is 0.0607. The van der Waals surface area contributed by atoms with Crippen LogP contribution in [0.25, 0.3) is 10.4 Å². The third-order valence-electron chi connectivity index (χ3n) is 2.59. The van der Waals surface area contributed by atoms with Gasteiger partial charge in [0.25, 0.3) is 0 Å². The van der Waals surface area contributed by atoms with Gasteiger partial charge in [-0.05, 0) is 6.07 Å². The Balaban J connectivity index is 2.71. The molecule has 2 N–H and O–H groups in total. The molecule has 0 aliphatic carbocycles. The average Bonchev–Trinajstić information content (AvgIpc) is 2.84. The Labute approximate surface area is 118 Å². The van der Waals surface area contributed by atoms with E-state index in [1.165, 1.54) is 0 Å². The van der Waals surface area contributed by atoms with E-state index in [-0.39, 0.29) is 15.4 Å². The van der Waals surface area contributed by atoms with Gasteiger partial charge in [0.2, 0.25) is 5.82 Å². The predicted octanol–water partition coefficient (Wildman–Crippen LogP) is 3.48. The summed E-state index contributed by atoms with van der Waals surface area (Å²) in [6, 6.07) is 0.940. The molecule has 1 aromatic carbocycles. The minimum absolute atomic E-state index is 0.189. The van der Waals surface area contributed by atoms with Crippen LogP contribution in [0.15, 0.2) is 6.07 Å². The van der Waals surface area contributed by atoms with Crippen LogP contribution in [-0.2, 0) is 4.74 Å². The molecule has 0 amide bonds. The zero-order valence-electron chi connectivity index (χ0n) is 10.3. The number of methoxy groups -OCH3 is 1. The van der Waals surface area contributed by atoms with Gasteiger partial charge < -0.3 is 10.5 Å². The number of hydrogen-bond donors (Lipinski definition) is 1. The lowest BCUT2D eigenvalue weighted by Crippen LogP contribution is -2.03. The van der Waals surface area contributed by atoms with Crippen LogP contribution < -0.4 is 5.73 Å². The van der Waals surface area contributed by atoms with E-state index >= 15 is 0 Å². The van der Waals surface area contributed by atoms with Gasteiger partial charge in [0.05, 0.1) is 18.4 Å². The third kappa shape index (κ3) is 2.33. The van der Waals surface area contributed by atoms with Gasteiger partial charge in [0.15, 0.2) is 23.3 Å². The molecule has 2 rings (SSSR count). The minimum atomic E-state index is -2.26. The molecule has 9 heteroatoms. The average molecular weight is 323 g/mol. The molecule has 0 saturated carbocycles. The Morgan fingerprint density at radius 3 is 2.00 bits per heavy atom. The van der Waals surface area contributed by atoms with Crippen LogP contribution >= 0.6 is 11.3 Å². The molecule has 2 aromatic rings. The number of halogens is 5. The van der Waals surface area contributed by atoms with Gasteiger partial charge >= 0.3 is 5.97 Å². The second-order valence-corrected chi connectivity index (χ2v) is 4.88. The first-order chi connectivity index (χ1) is 9.79. The van der Waals surface area contributed by atoms with Crippen molar-refractivity contribution in [3.63, 3.8) is 0 Å². The van der Waals surface area contributed by atoms with Crippen molar-refractivity contribution in [2.24, 2.45) is 0 Å². The SMILES string of the molecule is COC(=O)c1sc(-c2c(F)c(F)c(F)c(F)c2F)cc1N. The number of esters is 1. The molecule has 112 valence electrons. The molecule has 0 saturated heterocycles. The Hall–Kier alpha value is -2.16. The molecule has 21 heavy (non-hydrogen) atoms. The largest absolute Gasteiger partial charge is 0.465 e. The fourth-order valence-electron chi connectivity index (χ4n) is 1.60. The first kappa shape index (κ1) is 15.2. The van der Waals surface area contributed by atoms with E-state index in [1.807, 2.05) is 0 Å².